The molecule has 0 saturated heterocycles. The monoisotopic (exact) mass is 330 g/mol. The zero-order valence-electron chi connectivity index (χ0n) is 14.3. The minimum Gasteiger partial charge on any atom is -0.507 e. The molecule has 2 aromatic rings. The van der Waals surface area contributed by atoms with Gasteiger partial charge in [-0.15, -0.1) is 0 Å². The molecule has 7 nitrogen and oxygen atoms in total. The molecular formula is C17H22N4O3. The number of aromatic nitrogens is 2. The number of phenols is 1. The third kappa shape index (κ3) is 4.34. The number of H-pyrrole nitrogens is 1. The molecule has 0 aliphatic carbocycles. The fraction of sp³-hybridized carbons (Fsp3) is 0.353. The van der Waals surface area contributed by atoms with E-state index in [2.05, 4.69) is 20.7 Å². The predicted octanol–water partition coefficient (Wildman–Crippen LogP) is 2.58. The number of aromatic amines is 1. The predicted molar refractivity (Wildman–Crippen MR) is 91.6 cm³/mol. The molecule has 2 rings (SSSR count). The van der Waals surface area contributed by atoms with Crippen LogP contribution in [0.3, 0.4) is 0 Å². The highest BCUT2D eigenvalue weighted by molar-refractivity contribution is 5.93. The van der Waals surface area contributed by atoms with Crippen LogP contribution in [0.4, 0.5) is 0 Å². The van der Waals surface area contributed by atoms with Crippen LogP contribution in [-0.4, -0.2) is 34.0 Å². The first-order valence-electron chi connectivity index (χ1n) is 7.66. The molecule has 0 aliphatic heterocycles. The van der Waals surface area contributed by atoms with Crippen LogP contribution in [-0.2, 0) is 5.41 Å². The molecular weight excluding hydrogens is 308 g/mol. The highest BCUT2D eigenvalue weighted by Crippen LogP contribution is 2.22. The number of nitrogens with zero attached hydrogens (tertiary/aromatic N) is 2. The van der Waals surface area contributed by atoms with Crippen molar-refractivity contribution < 1.29 is 14.6 Å². The summed E-state index contributed by atoms with van der Waals surface area (Å²) in [6.45, 7) is 8.45. The van der Waals surface area contributed by atoms with Crippen molar-refractivity contribution in [1.29, 1.82) is 0 Å². The van der Waals surface area contributed by atoms with Gasteiger partial charge in [0.1, 0.15) is 11.5 Å². The van der Waals surface area contributed by atoms with Gasteiger partial charge in [-0.25, -0.2) is 5.43 Å². The van der Waals surface area contributed by atoms with E-state index in [9.17, 15) is 9.90 Å². The van der Waals surface area contributed by atoms with Crippen LogP contribution >= 0.6 is 0 Å². The van der Waals surface area contributed by atoms with Crippen molar-refractivity contribution in [2.24, 2.45) is 5.10 Å². The molecule has 0 aliphatic rings. The van der Waals surface area contributed by atoms with Crippen LogP contribution in [0, 0.1) is 0 Å². The number of phenolic OH excluding ortho intramolecular Hbond substituents is 1. The molecule has 0 atom stereocenters. The fourth-order valence-electron chi connectivity index (χ4n) is 1.93. The number of amides is 1. The van der Waals surface area contributed by atoms with E-state index in [0.29, 0.717) is 17.9 Å². The molecule has 7 heteroatoms. The Bertz CT molecular complexity index is 745. The summed E-state index contributed by atoms with van der Waals surface area (Å²) in [4.78, 5) is 12.0. The zero-order chi connectivity index (χ0) is 17.7. The number of nitrogens with one attached hydrogen (secondary N) is 2. The minimum atomic E-state index is -0.427. The van der Waals surface area contributed by atoms with Crippen LogP contribution < -0.4 is 10.2 Å². The van der Waals surface area contributed by atoms with Crippen LogP contribution in [0.5, 0.6) is 11.5 Å². The molecule has 1 aromatic heterocycles. The number of hydrogen-bond acceptors (Lipinski definition) is 5. The summed E-state index contributed by atoms with van der Waals surface area (Å²) in [5.74, 6) is 0.166. The van der Waals surface area contributed by atoms with Gasteiger partial charge in [0.05, 0.1) is 12.8 Å². The molecule has 0 fully saturated rings. The fourth-order valence-corrected chi connectivity index (χ4v) is 1.93. The normalized spacial score (nSPS) is 11.7. The second kappa shape index (κ2) is 7.16. The third-order valence-electron chi connectivity index (χ3n) is 3.30. The van der Waals surface area contributed by atoms with E-state index < -0.39 is 5.91 Å². The maximum Gasteiger partial charge on any atom is 0.291 e. The Hall–Kier alpha value is -2.83. The largest absolute Gasteiger partial charge is 0.507 e. The lowest BCUT2D eigenvalue weighted by molar-refractivity contribution is 0.0950. The van der Waals surface area contributed by atoms with Gasteiger partial charge < -0.3 is 9.84 Å². The second-order valence-corrected chi connectivity index (χ2v) is 6.27. The maximum absolute atomic E-state index is 12.0. The standard InChI is InChI=1S/C17H22N4O3/c1-5-24-12-7-6-11(14(22)8-12)10-18-21-16(23)13-9-15(20-19-13)17(2,3)4/h6-10,22H,5H2,1-4H3,(H,19,20)(H,21,23). The Labute approximate surface area is 140 Å². The zero-order valence-corrected chi connectivity index (χ0v) is 14.3. The van der Waals surface area contributed by atoms with E-state index in [1.165, 1.54) is 12.3 Å². The third-order valence-corrected chi connectivity index (χ3v) is 3.30. The molecule has 24 heavy (non-hydrogen) atoms. The van der Waals surface area contributed by atoms with E-state index in [0.717, 1.165) is 5.69 Å². The van der Waals surface area contributed by atoms with Crippen LogP contribution in [0.1, 0.15) is 49.4 Å². The highest BCUT2D eigenvalue weighted by atomic mass is 16.5. The van der Waals surface area contributed by atoms with E-state index in [-0.39, 0.29) is 16.9 Å². The number of hydrazone groups is 1. The quantitative estimate of drug-likeness (QED) is 0.579. The van der Waals surface area contributed by atoms with Gasteiger partial charge in [-0.3, -0.25) is 9.89 Å². The number of aromatic hydroxyl groups is 1. The van der Waals surface area contributed by atoms with Crippen molar-refractivity contribution in [2.45, 2.75) is 33.1 Å². The highest BCUT2D eigenvalue weighted by Gasteiger charge is 2.19. The number of carbonyl (C=O) groups excluding carboxylic acids is 1. The van der Waals surface area contributed by atoms with Gasteiger partial charge in [-0.05, 0) is 25.1 Å². The average Bonchev–Trinajstić information content (AvgIpc) is 3.00. The SMILES string of the molecule is CCOc1ccc(C=NNC(=O)c2cc(C(C)(C)C)[nH]n2)c(O)c1. The Morgan fingerprint density at radius 2 is 2.17 bits per heavy atom. The summed E-state index contributed by atoms with van der Waals surface area (Å²) in [5, 5.41) is 20.6. The van der Waals surface area contributed by atoms with Gasteiger partial charge in [0.15, 0.2) is 5.69 Å². The molecule has 0 spiro atoms. The number of carbonyl (C=O) groups is 1. The lowest BCUT2D eigenvalue weighted by Crippen LogP contribution is -2.18. The van der Waals surface area contributed by atoms with Crippen LogP contribution in [0.2, 0.25) is 0 Å². The van der Waals surface area contributed by atoms with Crippen molar-refractivity contribution in [3.8, 4) is 11.5 Å². The topological polar surface area (TPSA) is 99.6 Å². The summed E-state index contributed by atoms with van der Waals surface area (Å²) >= 11 is 0. The molecule has 0 bridgehead atoms. The number of rotatable bonds is 5. The van der Waals surface area contributed by atoms with Gasteiger partial charge in [-0.1, -0.05) is 20.8 Å². The molecule has 1 amide bonds. The lowest BCUT2D eigenvalue weighted by Gasteiger charge is -2.14. The first-order chi connectivity index (χ1) is 11.3. The Morgan fingerprint density at radius 3 is 2.75 bits per heavy atom. The second-order valence-electron chi connectivity index (χ2n) is 6.27. The van der Waals surface area contributed by atoms with Gasteiger partial charge in [0.2, 0.25) is 0 Å². The molecule has 128 valence electrons. The maximum atomic E-state index is 12.0. The molecule has 1 aromatic carbocycles. The van der Waals surface area contributed by atoms with Crippen molar-refractivity contribution in [3.05, 3.63) is 41.2 Å². The summed E-state index contributed by atoms with van der Waals surface area (Å²) < 4.78 is 5.29. The number of benzene rings is 1. The van der Waals surface area contributed by atoms with Gasteiger partial charge in [0, 0.05) is 22.7 Å². The average molecular weight is 330 g/mol. The number of ether oxygens (including phenoxy) is 1. The Morgan fingerprint density at radius 1 is 1.42 bits per heavy atom. The molecule has 0 saturated carbocycles. The van der Waals surface area contributed by atoms with E-state index in [1.807, 2.05) is 27.7 Å². The molecule has 0 unspecified atom stereocenters. The molecule has 1 heterocycles. The summed E-state index contributed by atoms with van der Waals surface area (Å²) in [7, 11) is 0. The Kier molecular flexibility index (Phi) is 5.23. The van der Waals surface area contributed by atoms with E-state index in [1.54, 1.807) is 18.2 Å². The summed E-state index contributed by atoms with van der Waals surface area (Å²) in [6.07, 6.45) is 1.36. The molecule has 3 N–H and O–H groups in total. The van der Waals surface area contributed by atoms with Crippen molar-refractivity contribution in [3.63, 3.8) is 0 Å². The smallest absolute Gasteiger partial charge is 0.291 e. The van der Waals surface area contributed by atoms with Crippen molar-refractivity contribution in [2.75, 3.05) is 6.61 Å². The van der Waals surface area contributed by atoms with E-state index in [4.69, 9.17) is 4.74 Å². The van der Waals surface area contributed by atoms with Gasteiger partial charge in [-0.2, -0.15) is 10.2 Å². The number of hydrogen-bond donors (Lipinski definition) is 3. The first kappa shape index (κ1) is 17.5. The van der Waals surface area contributed by atoms with Crippen molar-refractivity contribution in [1.82, 2.24) is 15.6 Å². The van der Waals surface area contributed by atoms with Crippen LogP contribution in [0.25, 0.3) is 0 Å². The van der Waals surface area contributed by atoms with E-state index >= 15 is 0 Å². The first-order valence-corrected chi connectivity index (χ1v) is 7.66. The lowest BCUT2D eigenvalue weighted by atomic mass is 9.92. The minimum absolute atomic E-state index is 0.0220. The van der Waals surface area contributed by atoms with Crippen molar-refractivity contribution >= 4 is 12.1 Å². The van der Waals surface area contributed by atoms with Gasteiger partial charge in [0.25, 0.3) is 5.91 Å². The van der Waals surface area contributed by atoms with Crippen LogP contribution in [0.15, 0.2) is 29.4 Å². The summed E-state index contributed by atoms with van der Waals surface area (Å²) in [5.41, 5.74) is 3.85. The van der Waals surface area contributed by atoms with Gasteiger partial charge >= 0.3 is 0 Å². The Balaban J connectivity index is 2.01. The summed E-state index contributed by atoms with van der Waals surface area (Å²) in [6, 6.07) is 6.56. The molecule has 0 radical (unpaired) electrons.